The molecule has 1 aliphatic rings. The quantitative estimate of drug-likeness (QED) is 0.778. The van der Waals surface area contributed by atoms with E-state index >= 15 is 0 Å². The van der Waals surface area contributed by atoms with Crippen LogP contribution in [0.3, 0.4) is 0 Å². The Morgan fingerprint density at radius 2 is 2.38 bits per heavy atom. The summed E-state index contributed by atoms with van der Waals surface area (Å²) >= 11 is 1.96. The first-order valence-electron chi connectivity index (χ1n) is 5.27. The van der Waals surface area contributed by atoms with Gasteiger partial charge < -0.3 is 4.90 Å². The Balaban J connectivity index is 2.25. The second kappa shape index (κ2) is 4.71. The van der Waals surface area contributed by atoms with Gasteiger partial charge in [0.05, 0.1) is 0 Å². The van der Waals surface area contributed by atoms with Gasteiger partial charge in [0, 0.05) is 24.5 Å². The van der Waals surface area contributed by atoms with Crippen molar-refractivity contribution in [3.63, 3.8) is 0 Å². The Bertz CT molecular complexity index is 420. The second-order valence-electron chi connectivity index (χ2n) is 3.93. The maximum Gasteiger partial charge on any atom is 0.226 e. The van der Waals surface area contributed by atoms with Crippen LogP contribution in [0, 0.1) is 18.3 Å². The molecular weight excluding hydrogens is 220 g/mol. The van der Waals surface area contributed by atoms with Crippen molar-refractivity contribution in [3.05, 3.63) is 17.5 Å². The number of hydrogen-bond acceptors (Lipinski definition) is 5. The maximum atomic E-state index is 8.87. The Labute approximate surface area is 99.7 Å². The molecule has 2 heterocycles. The molecule has 1 aromatic rings. The molecule has 1 saturated heterocycles. The van der Waals surface area contributed by atoms with E-state index in [1.54, 1.807) is 6.07 Å². The van der Waals surface area contributed by atoms with Crippen LogP contribution in [0.15, 0.2) is 6.07 Å². The SMILES string of the molecule is Cc1cc(C#N)nc(N(C)C2CCSC2)n1. The lowest BCUT2D eigenvalue weighted by Gasteiger charge is -2.23. The molecule has 5 heteroatoms. The fourth-order valence-corrected chi connectivity index (χ4v) is 3.03. The molecule has 0 bridgehead atoms. The molecule has 2 rings (SSSR count). The van der Waals surface area contributed by atoms with Crippen LogP contribution >= 0.6 is 11.8 Å². The van der Waals surface area contributed by atoms with Gasteiger partial charge in [0.1, 0.15) is 11.8 Å². The molecular formula is C11H14N4S. The monoisotopic (exact) mass is 234 g/mol. The summed E-state index contributed by atoms with van der Waals surface area (Å²) in [6, 6.07) is 4.28. The first-order chi connectivity index (χ1) is 7.70. The minimum Gasteiger partial charge on any atom is -0.340 e. The van der Waals surface area contributed by atoms with Crippen molar-refractivity contribution in [2.45, 2.75) is 19.4 Å². The highest BCUT2D eigenvalue weighted by Gasteiger charge is 2.22. The molecule has 0 saturated carbocycles. The van der Waals surface area contributed by atoms with Crippen molar-refractivity contribution >= 4 is 17.7 Å². The van der Waals surface area contributed by atoms with Crippen LogP contribution in [-0.2, 0) is 0 Å². The van der Waals surface area contributed by atoms with E-state index in [2.05, 4.69) is 20.9 Å². The third kappa shape index (κ3) is 2.27. The summed E-state index contributed by atoms with van der Waals surface area (Å²) in [4.78, 5) is 10.7. The summed E-state index contributed by atoms with van der Waals surface area (Å²) in [5, 5.41) is 8.87. The van der Waals surface area contributed by atoms with E-state index in [0.29, 0.717) is 17.7 Å². The van der Waals surface area contributed by atoms with E-state index in [-0.39, 0.29) is 0 Å². The van der Waals surface area contributed by atoms with Crippen molar-refractivity contribution < 1.29 is 0 Å². The molecule has 1 unspecified atom stereocenters. The highest BCUT2D eigenvalue weighted by molar-refractivity contribution is 7.99. The van der Waals surface area contributed by atoms with Gasteiger partial charge in [-0.1, -0.05) is 0 Å². The lowest BCUT2D eigenvalue weighted by Crippen LogP contribution is -2.33. The molecule has 0 amide bonds. The largest absolute Gasteiger partial charge is 0.340 e. The van der Waals surface area contributed by atoms with Crippen LogP contribution in [0.4, 0.5) is 5.95 Å². The summed E-state index contributed by atoms with van der Waals surface area (Å²) in [6.07, 6.45) is 1.17. The van der Waals surface area contributed by atoms with E-state index in [9.17, 15) is 0 Å². The number of nitriles is 1. The Hall–Kier alpha value is -1.28. The highest BCUT2D eigenvalue weighted by Crippen LogP contribution is 2.24. The topological polar surface area (TPSA) is 52.8 Å². The van der Waals surface area contributed by atoms with Gasteiger partial charge in [-0.3, -0.25) is 0 Å². The summed E-state index contributed by atoms with van der Waals surface area (Å²) in [6.45, 7) is 1.89. The summed E-state index contributed by atoms with van der Waals surface area (Å²) in [5.41, 5.74) is 1.29. The Morgan fingerprint density at radius 3 is 3.00 bits per heavy atom. The van der Waals surface area contributed by atoms with Crippen molar-refractivity contribution in [1.82, 2.24) is 9.97 Å². The van der Waals surface area contributed by atoms with Gasteiger partial charge in [-0.05, 0) is 25.2 Å². The average molecular weight is 234 g/mol. The van der Waals surface area contributed by atoms with E-state index in [0.717, 1.165) is 11.4 Å². The van der Waals surface area contributed by atoms with Crippen LogP contribution in [-0.4, -0.2) is 34.6 Å². The lowest BCUT2D eigenvalue weighted by atomic mass is 10.2. The number of aryl methyl sites for hydroxylation is 1. The number of hydrogen-bond donors (Lipinski definition) is 0. The molecule has 84 valence electrons. The number of nitrogens with zero attached hydrogens (tertiary/aromatic N) is 4. The van der Waals surface area contributed by atoms with E-state index in [1.165, 1.54) is 12.2 Å². The molecule has 16 heavy (non-hydrogen) atoms. The molecule has 1 aliphatic heterocycles. The summed E-state index contributed by atoms with van der Waals surface area (Å²) in [5.74, 6) is 2.99. The van der Waals surface area contributed by atoms with E-state index in [1.807, 2.05) is 25.7 Å². The molecule has 1 fully saturated rings. The van der Waals surface area contributed by atoms with Gasteiger partial charge in [-0.2, -0.15) is 17.0 Å². The predicted molar refractivity (Wildman–Crippen MR) is 65.6 cm³/mol. The highest BCUT2D eigenvalue weighted by atomic mass is 32.2. The summed E-state index contributed by atoms with van der Waals surface area (Å²) in [7, 11) is 2.01. The summed E-state index contributed by atoms with van der Waals surface area (Å²) < 4.78 is 0. The first-order valence-corrected chi connectivity index (χ1v) is 6.42. The molecule has 4 nitrogen and oxygen atoms in total. The van der Waals surface area contributed by atoms with Gasteiger partial charge in [0.25, 0.3) is 0 Å². The number of aromatic nitrogens is 2. The first kappa shape index (κ1) is 11.2. The minimum absolute atomic E-state index is 0.444. The van der Waals surface area contributed by atoms with Crippen LogP contribution in [0.2, 0.25) is 0 Å². The van der Waals surface area contributed by atoms with E-state index < -0.39 is 0 Å². The number of anilines is 1. The molecule has 0 aliphatic carbocycles. The van der Waals surface area contributed by atoms with Crippen molar-refractivity contribution in [1.29, 1.82) is 5.26 Å². The van der Waals surface area contributed by atoms with Crippen molar-refractivity contribution in [3.8, 4) is 6.07 Å². The fourth-order valence-electron chi connectivity index (χ4n) is 1.76. The number of rotatable bonds is 2. The van der Waals surface area contributed by atoms with Crippen molar-refractivity contribution in [2.75, 3.05) is 23.5 Å². The van der Waals surface area contributed by atoms with Crippen LogP contribution in [0.25, 0.3) is 0 Å². The molecule has 0 spiro atoms. The average Bonchev–Trinajstić information content (AvgIpc) is 2.80. The Kier molecular flexibility index (Phi) is 3.30. The van der Waals surface area contributed by atoms with Gasteiger partial charge in [-0.15, -0.1) is 0 Å². The van der Waals surface area contributed by atoms with Gasteiger partial charge in [-0.25, -0.2) is 9.97 Å². The van der Waals surface area contributed by atoms with Gasteiger partial charge in [0.15, 0.2) is 0 Å². The Morgan fingerprint density at radius 1 is 1.56 bits per heavy atom. The predicted octanol–water partition coefficient (Wildman–Crippen LogP) is 1.60. The normalized spacial score (nSPS) is 19.4. The maximum absolute atomic E-state index is 8.87. The second-order valence-corrected chi connectivity index (χ2v) is 5.08. The zero-order valence-electron chi connectivity index (χ0n) is 9.47. The molecule has 0 radical (unpaired) electrons. The zero-order chi connectivity index (χ0) is 11.5. The zero-order valence-corrected chi connectivity index (χ0v) is 10.3. The molecule has 0 N–H and O–H groups in total. The van der Waals surface area contributed by atoms with E-state index in [4.69, 9.17) is 5.26 Å². The third-order valence-electron chi connectivity index (χ3n) is 2.73. The standard InChI is InChI=1S/C11H14N4S/c1-8-5-9(6-12)14-11(13-8)15(2)10-3-4-16-7-10/h5,10H,3-4,7H2,1-2H3. The van der Waals surface area contributed by atoms with Crippen LogP contribution in [0.1, 0.15) is 17.8 Å². The van der Waals surface area contributed by atoms with Gasteiger partial charge in [0.2, 0.25) is 5.95 Å². The molecule has 1 atom stereocenters. The minimum atomic E-state index is 0.444. The lowest BCUT2D eigenvalue weighted by molar-refractivity contribution is 0.679. The van der Waals surface area contributed by atoms with Crippen LogP contribution < -0.4 is 4.90 Å². The fraction of sp³-hybridized carbons (Fsp3) is 0.545. The van der Waals surface area contributed by atoms with Gasteiger partial charge >= 0.3 is 0 Å². The van der Waals surface area contributed by atoms with Crippen LogP contribution in [0.5, 0.6) is 0 Å². The smallest absolute Gasteiger partial charge is 0.226 e. The third-order valence-corrected chi connectivity index (χ3v) is 3.87. The molecule has 1 aromatic heterocycles. The molecule has 0 aromatic carbocycles. The van der Waals surface area contributed by atoms with Crippen molar-refractivity contribution in [2.24, 2.45) is 0 Å². The number of thioether (sulfide) groups is 1.